The van der Waals surface area contributed by atoms with Crippen molar-refractivity contribution in [1.29, 1.82) is 0 Å². The lowest BCUT2D eigenvalue weighted by Gasteiger charge is -2.27. The minimum Gasteiger partial charge on any atom is -0.480 e. The van der Waals surface area contributed by atoms with Gasteiger partial charge in [0.25, 0.3) is 0 Å². The molecule has 10 nitrogen and oxygen atoms in total. The van der Waals surface area contributed by atoms with Crippen molar-refractivity contribution in [3.05, 3.63) is 115 Å². The first kappa shape index (κ1) is 52.1. The van der Waals surface area contributed by atoms with Gasteiger partial charge >= 0.3 is 11.9 Å². The van der Waals surface area contributed by atoms with Crippen LogP contribution in [0, 0.1) is 33.1 Å². The zero-order chi connectivity index (χ0) is 48.8. The van der Waals surface area contributed by atoms with Crippen molar-refractivity contribution in [2.45, 2.75) is 144 Å². The summed E-state index contributed by atoms with van der Waals surface area (Å²) >= 11 is 0. The lowest BCUT2D eigenvalue weighted by Crippen LogP contribution is -2.38. The van der Waals surface area contributed by atoms with Gasteiger partial charge in [-0.25, -0.2) is 0 Å². The van der Waals surface area contributed by atoms with Gasteiger partial charge in [-0.15, -0.1) is 0 Å². The van der Waals surface area contributed by atoms with Gasteiger partial charge in [0.1, 0.15) is 34.8 Å². The molecule has 6 rings (SSSR count). The molecule has 0 saturated heterocycles. The summed E-state index contributed by atoms with van der Waals surface area (Å²) in [4.78, 5) is 26.2. The van der Waals surface area contributed by atoms with Crippen LogP contribution in [0.3, 0.4) is 0 Å². The number of fused-ring (bicyclic) bond motifs is 2. The molecule has 2 aliphatic heterocycles. The van der Waals surface area contributed by atoms with Gasteiger partial charge in [0.2, 0.25) is 9.03 Å². The molecular weight excluding hydrogens is 859 g/mol. The number of hydrogen-bond donors (Lipinski definition) is 3. The number of rotatable bonds is 11. The monoisotopic (exact) mass is 930 g/mol. The second-order valence-electron chi connectivity index (χ2n) is 22.1. The van der Waals surface area contributed by atoms with E-state index in [0.29, 0.717) is 11.5 Å². The predicted octanol–water partition coefficient (Wildman–Crippen LogP) is 10.9. The molecule has 0 spiro atoms. The lowest BCUT2D eigenvalue weighted by atomic mass is 9.77. The molecular formula is C53H72O10P2. The van der Waals surface area contributed by atoms with Crippen LogP contribution in [0.25, 0.3) is 0 Å². The Morgan fingerprint density at radius 1 is 0.554 bits per heavy atom. The highest BCUT2D eigenvalue weighted by Gasteiger charge is 2.42. The number of aryl methyl sites for hydroxylation is 4. The van der Waals surface area contributed by atoms with Gasteiger partial charge in [0, 0.05) is 22.3 Å². The van der Waals surface area contributed by atoms with Crippen LogP contribution >= 0.6 is 18.5 Å². The van der Waals surface area contributed by atoms with E-state index in [1.54, 1.807) is 0 Å². The topological polar surface area (TPSA) is 141 Å². The van der Waals surface area contributed by atoms with Crippen molar-refractivity contribution >= 4 is 30.4 Å². The zero-order valence-corrected chi connectivity index (χ0v) is 43.5. The van der Waals surface area contributed by atoms with Gasteiger partial charge in [0.15, 0.2) is 0 Å². The van der Waals surface area contributed by atoms with Crippen LogP contribution in [0.15, 0.2) is 48.5 Å². The number of carbonyl (C=O) groups excluding carboxylic acids is 2. The molecule has 0 radical (unpaired) electrons. The highest BCUT2D eigenvalue weighted by molar-refractivity contribution is 7.26. The van der Waals surface area contributed by atoms with Gasteiger partial charge in [-0.3, -0.25) is 9.59 Å². The molecule has 4 unspecified atom stereocenters. The molecule has 4 atom stereocenters. The summed E-state index contributed by atoms with van der Waals surface area (Å²) in [5, 5.41) is 28.4. The second-order valence-corrected chi connectivity index (χ2v) is 23.0. The third-order valence-corrected chi connectivity index (χ3v) is 13.2. The number of ether oxygens (including phenoxy) is 2. The van der Waals surface area contributed by atoms with Gasteiger partial charge < -0.3 is 38.4 Å². The number of aliphatic hydroxyl groups is 3. The smallest absolute Gasteiger partial charge is 0.323 e. The third-order valence-electron chi connectivity index (χ3n) is 12.4. The van der Waals surface area contributed by atoms with E-state index in [0.717, 1.165) is 72.7 Å². The van der Waals surface area contributed by atoms with E-state index in [9.17, 15) is 24.9 Å². The molecule has 0 aliphatic carbocycles. The first-order chi connectivity index (χ1) is 30.0. The number of aliphatic hydroxyl groups excluding tert-OH is 3. The van der Waals surface area contributed by atoms with Gasteiger partial charge in [-0.1, -0.05) is 132 Å². The quantitative estimate of drug-likeness (QED) is 0.0576. The molecule has 12 heteroatoms. The molecule has 0 fully saturated rings. The second kappa shape index (κ2) is 19.4. The maximum atomic E-state index is 13.2. The number of carbonyl (C=O) groups is 2. The first-order valence-corrected chi connectivity index (χ1v) is 23.6. The highest BCUT2D eigenvalue weighted by atomic mass is 31.1. The Hall–Kier alpha value is -3.88. The fraction of sp³-hybridized carbons (Fsp3) is 0.509. The fourth-order valence-electron chi connectivity index (χ4n) is 8.33. The van der Waals surface area contributed by atoms with Crippen LogP contribution < -0.4 is 18.5 Å². The van der Waals surface area contributed by atoms with Crippen molar-refractivity contribution in [1.82, 2.24) is 0 Å². The van der Waals surface area contributed by atoms with Gasteiger partial charge in [-0.05, 0) is 93.9 Å². The van der Waals surface area contributed by atoms with Crippen molar-refractivity contribution in [2.24, 2.45) is 5.41 Å². The van der Waals surface area contributed by atoms with Crippen molar-refractivity contribution in [2.75, 3.05) is 26.4 Å². The van der Waals surface area contributed by atoms with Gasteiger partial charge in [-0.2, -0.15) is 0 Å². The van der Waals surface area contributed by atoms with Crippen LogP contribution in [0.1, 0.15) is 162 Å². The molecule has 65 heavy (non-hydrogen) atoms. The van der Waals surface area contributed by atoms with Crippen molar-refractivity contribution in [3.63, 3.8) is 0 Å². The van der Waals surface area contributed by atoms with E-state index in [1.165, 1.54) is 5.56 Å². The van der Waals surface area contributed by atoms with E-state index < -0.39 is 37.1 Å². The molecule has 4 aromatic carbocycles. The standard InChI is InChI=1S/C29H41O7P.C24H31O3P/c1-17-9-19(10-18(2)24(17)36-37-34-16-29(13-30,14-31)15-32)23-21-11-20(27(3,4)5)12-22(28(6,7)8)25(21)35-26(23)33;1-13-9-15(10-14(2)20(13)27-28)19-17-11-16(23(3,4)5)12-18(24(6,7)8)21(17)26-22(19)25/h9-12,23,30-32,37H,13-16H2,1-8H3;9-12,19H,28H2,1-8H3. The Labute approximate surface area is 391 Å². The number of hydrogen-bond acceptors (Lipinski definition) is 10. The summed E-state index contributed by atoms with van der Waals surface area (Å²) in [7, 11) is 1.91. The SMILES string of the molecule is Cc1cc(C2C(=O)Oc3c2cc(C(C)(C)C)cc3C(C)(C)C)cc(C)c1OP.Cc1cc(C2C(=O)Oc3c2cc(C(C)(C)C)cc3C(C)(C)C)cc(C)c1OPOCC(CO)(CO)CO. The van der Waals surface area contributed by atoms with Gasteiger partial charge in [0.05, 0.1) is 41.3 Å². The van der Waals surface area contributed by atoms with E-state index in [4.69, 9.17) is 23.0 Å². The summed E-state index contributed by atoms with van der Waals surface area (Å²) in [5.74, 6) is 1.47. The zero-order valence-electron chi connectivity index (χ0n) is 41.4. The average Bonchev–Trinajstić information content (AvgIpc) is 3.71. The lowest BCUT2D eigenvalue weighted by molar-refractivity contribution is -0.134. The van der Waals surface area contributed by atoms with E-state index in [2.05, 4.69) is 117 Å². The Morgan fingerprint density at radius 3 is 1.22 bits per heavy atom. The summed E-state index contributed by atoms with van der Waals surface area (Å²) in [6, 6.07) is 16.6. The molecule has 2 aliphatic rings. The summed E-state index contributed by atoms with van der Waals surface area (Å²) in [5.41, 5.74) is 10.4. The first-order valence-electron chi connectivity index (χ1n) is 22.3. The van der Waals surface area contributed by atoms with E-state index in [1.807, 2.05) is 52.0 Å². The van der Waals surface area contributed by atoms with Crippen molar-refractivity contribution < 1.29 is 48.0 Å². The minimum absolute atomic E-state index is 0.0197. The van der Waals surface area contributed by atoms with Crippen LogP contribution in [0.4, 0.5) is 0 Å². The minimum atomic E-state index is -1.11. The molecule has 0 amide bonds. The third kappa shape index (κ3) is 11.1. The largest absolute Gasteiger partial charge is 0.480 e. The Balaban J connectivity index is 0.000000253. The van der Waals surface area contributed by atoms with Crippen LogP contribution in [-0.2, 0) is 35.8 Å². The van der Waals surface area contributed by atoms with Crippen LogP contribution in [0.5, 0.6) is 23.0 Å². The number of esters is 2. The predicted molar refractivity (Wildman–Crippen MR) is 263 cm³/mol. The summed E-state index contributed by atoms with van der Waals surface area (Å²) in [6.45, 7) is 32.6. The molecule has 354 valence electrons. The molecule has 0 bridgehead atoms. The van der Waals surface area contributed by atoms with Crippen LogP contribution in [-0.4, -0.2) is 53.7 Å². The maximum absolute atomic E-state index is 13.2. The Morgan fingerprint density at radius 2 is 0.908 bits per heavy atom. The molecule has 4 aromatic rings. The number of benzene rings is 4. The average molecular weight is 931 g/mol. The molecule has 0 saturated carbocycles. The Kier molecular flexibility index (Phi) is 15.5. The normalized spacial score (nSPS) is 16.6. The molecule has 3 N–H and O–H groups in total. The maximum Gasteiger partial charge on any atom is 0.323 e. The van der Waals surface area contributed by atoms with E-state index >= 15 is 0 Å². The fourth-order valence-corrected chi connectivity index (χ4v) is 9.53. The molecule has 2 heterocycles. The van der Waals surface area contributed by atoms with Crippen LogP contribution in [0.2, 0.25) is 0 Å². The molecule has 0 aromatic heterocycles. The summed E-state index contributed by atoms with van der Waals surface area (Å²) < 4.78 is 28.6. The van der Waals surface area contributed by atoms with E-state index in [-0.39, 0.29) is 49.2 Å². The Bertz CT molecular complexity index is 2370. The summed E-state index contributed by atoms with van der Waals surface area (Å²) in [6.07, 6.45) is 0. The highest BCUT2D eigenvalue weighted by Crippen LogP contribution is 2.50. The van der Waals surface area contributed by atoms with Crippen molar-refractivity contribution in [3.8, 4) is 23.0 Å².